The standard InChI is InChI=1S/C13H24N2O/c1-3-5-6-13(16)15-9-10-7-14-8-11(10)12(15)4-2/h10-12,14H,3-9H2,1-2H3. The molecular weight excluding hydrogens is 200 g/mol. The van der Waals surface area contributed by atoms with Crippen molar-refractivity contribution in [1.29, 1.82) is 0 Å². The zero-order valence-corrected chi connectivity index (χ0v) is 10.5. The van der Waals surface area contributed by atoms with E-state index in [1.807, 2.05) is 0 Å². The van der Waals surface area contributed by atoms with Gasteiger partial charge < -0.3 is 10.2 Å². The van der Waals surface area contributed by atoms with Crippen molar-refractivity contribution in [2.45, 2.75) is 45.6 Å². The van der Waals surface area contributed by atoms with Gasteiger partial charge in [-0.3, -0.25) is 4.79 Å². The lowest BCUT2D eigenvalue weighted by atomic mass is 9.93. The van der Waals surface area contributed by atoms with E-state index in [1.165, 1.54) is 0 Å². The summed E-state index contributed by atoms with van der Waals surface area (Å²) in [6.45, 7) is 7.58. The molecule has 2 rings (SSSR count). The van der Waals surface area contributed by atoms with Crippen LogP contribution in [0.1, 0.15) is 39.5 Å². The summed E-state index contributed by atoms with van der Waals surface area (Å²) in [5.74, 6) is 1.83. The third kappa shape index (κ3) is 2.10. The Morgan fingerprint density at radius 3 is 2.88 bits per heavy atom. The predicted molar refractivity (Wildman–Crippen MR) is 65.2 cm³/mol. The molecule has 1 amide bonds. The molecule has 2 aliphatic heterocycles. The van der Waals surface area contributed by atoms with Gasteiger partial charge in [0, 0.05) is 32.1 Å². The van der Waals surface area contributed by atoms with E-state index in [0.717, 1.165) is 57.2 Å². The minimum atomic E-state index is 0.392. The molecule has 0 spiro atoms. The first-order valence-corrected chi connectivity index (χ1v) is 6.78. The van der Waals surface area contributed by atoms with Crippen molar-refractivity contribution in [3.05, 3.63) is 0 Å². The molecule has 3 atom stereocenters. The van der Waals surface area contributed by atoms with Gasteiger partial charge in [-0.05, 0) is 24.7 Å². The highest BCUT2D eigenvalue weighted by atomic mass is 16.2. The second kappa shape index (κ2) is 5.17. The highest BCUT2D eigenvalue weighted by molar-refractivity contribution is 5.77. The summed E-state index contributed by atoms with van der Waals surface area (Å²) in [5.41, 5.74) is 0. The number of hydrogen-bond acceptors (Lipinski definition) is 2. The Morgan fingerprint density at radius 2 is 2.19 bits per heavy atom. The van der Waals surface area contributed by atoms with Crippen LogP contribution in [0.5, 0.6) is 0 Å². The number of nitrogens with one attached hydrogen (secondary N) is 1. The monoisotopic (exact) mass is 224 g/mol. The second-order valence-electron chi connectivity index (χ2n) is 5.21. The Hall–Kier alpha value is -0.570. The molecule has 0 aliphatic carbocycles. The minimum absolute atomic E-state index is 0.392. The number of fused-ring (bicyclic) bond motifs is 1. The van der Waals surface area contributed by atoms with E-state index >= 15 is 0 Å². The molecule has 2 heterocycles. The maximum Gasteiger partial charge on any atom is 0.222 e. The van der Waals surface area contributed by atoms with Crippen LogP contribution in [0.15, 0.2) is 0 Å². The number of likely N-dealkylation sites (tertiary alicyclic amines) is 1. The molecule has 0 aromatic rings. The normalized spacial score (nSPS) is 33.1. The highest BCUT2D eigenvalue weighted by Crippen LogP contribution is 2.34. The average molecular weight is 224 g/mol. The van der Waals surface area contributed by atoms with Crippen LogP contribution in [0.25, 0.3) is 0 Å². The Morgan fingerprint density at radius 1 is 1.38 bits per heavy atom. The van der Waals surface area contributed by atoms with E-state index in [4.69, 9.17) is 0 Å². The molecule has 2 saturated heterocycles. The van der Waals surface area contributed by atoms with Crippen LogP contribution in [0.4, 0.5) is 0 Å². The molecule has 2 aliphatic rings. The third-order valence-electron chi connectivity index (χ3n) is 4.20. The molecular formula is C13H24N2O. The van der Waals surface area contributed by atoms with Crippen molar-refractivity contribution >= 4 is 5.91 Å². The summed E-state index contributed by atoms with van der Waals surface area (Å²) in [5, 5.41) is 3.45. The Kier molecular flexibility index (Phi) is 3.85. The van der Waals surface area contributed by atoms with Crippen molar-refractivity contribution in [3.63, 3.8) is 0 Å². The van der Waals surface area contributed by atoms with Crippen LogP contribution < -0.4 is 5.32 Å². The lowest BCUT2D eigenvalue weighted by Gasteiger charge is -2.27. The van der Waals surface area contributed by atoms with E-state index in [-0.39, 0.29) is 0 Å². The van der Waals surface area contributed by atoms with Crippen LogP contribution in [-0.2, 0) is 4.79 Å². The van der Waals surface area contributed by atoms with Gasteiger partial charge in [-0.2, -0.15) is 0 Å². The SMILES string of the molecule is CCCCC(=O)N1CC2CNCC2C1CC. The van der Waals surface area contributed by atoms with Gasteiger partial charge in [0.1, 0.15) is 0 Å². The summed E-state index contributed by atoms with van der Waals surface area (Å²) < 4.78 is 0. The number of hydrogen-bond donors (Lipinski definition) is 1. The molecule has 92 valence electrons. The number of amides is 1. The molecule has 3 heteroatoms. The molecule has 0 aromatic heterocycles. The quantitative estimate of drug-likeness (QED) is 0.787. The smallest absolute Gasteiger partial charge is 0.222 e. The van der Waals surface area contributed by atoms with Gasteiger partial charge in [-0.15, -0.1) is 0 Å². The van der Waals surface area contributed by atoms with E-state index in [9.17, 15) is 4.79 Å². The van der Waals surface area contributed by atoms with E-state index < -0.39 is 0 Å². The molecule has 0 radical (unpaired) electrons. The second-order valence-corrected chi connectivity index (χ2v) is 5.21. The number of unbranched alkanes of at least 4 members (excludes halogenated alkanes) is 1. The lowest BCUT2D eigenvalue weighted by molar-refractivity contribution is -0.132. The van der Waals surface area contributed by atoms with Crippen LogP contribution >= 0.6 is 0 Å². The lowest BCUT2D eigenvalue weighted by Crippen LogP contribution is -2.39. The Labute approximate surface area is 98.6 Å². The fourth-order valence-electron chi connectivity index (χ4n) is 3.30. The summed E-state index contributed by atoms with van der Waals surface area (Å²) in [4.78, 5) is 14.3. The topological polar surface area (TPSA) is 32.3 Å². The predicted octanol–water partition coefficient (Wildman–Crippen LogP) is 1.63. The number of rotatable bonds is 4. The molecule has 1 N–H and O–H groups in total. The molecule has 3 unspecified atom stereocenters. The van der Waals surface area contributed by atoms with E-state index in [1.54, 1.807) is 0 Å². The van der Waals surface area contributed by atoms with Gasteiger partial charge in [0.05, 0.1) is 0 Å². The first-order valence-electron chi connectivity index (χ1n) is 6.78. The van der Waals surface area contributed by atoms with Crippen molar-refractivity contribution in [1.82, 2.24) is 10.2 Å². The highest BCUT2D eigenvalue weighted by Gasteiger charge is 2.44. The fraction of sp³-hybridized carbons (Fsp3) is 0.923. The zero-order chi connectivity index (χ0) is 11.5. The molecule has 0 saturated carbocycles. The van der Waals surface area contributed by atoms with Gasteiger partial charge in [0.25, 0.3) is 0 Å². The van der Waals surface area contributed by atoms with Gasteiger partial charge in [-0.25, -0.2) is 0 Å². The van der Waals surface area contributed by atoms with Crippen LogP contribution in [0.2, 0.25) is 0 Å². The summed E-state index contributed by atoms with van der Waals surface area (Å²) in [6, 6.07) is 0.504. The van der Waals surface area contributed by atoms with Crippen molar-refractivity contribution in [2.24, 2.45) is 11.8 Å². The van der Waals surface area contributed by atoms with Crippen LogP contribution in [0, 0.1) is 11.8 Å². The first kappa shape index (κ1) is 11.9. The van der Waals surface area contributed by atoms with Crippen LogP contribution in [-0.4, -0.2) is 36.5 Å². The van der Waals surface area contributed by atoms with Crippen molar-refractivity contribution < 1.29 is 4.79 Å². The summed E-state index contributed by atoms with van der Waals surface area (Å²) >= 11 is 0. The van der Waals surface area contributed by atoms with Gasteiger partial charge in [-0.1, -0.05) is 20.3 Å². The number of carbonyl (C=O) groups excluding carboxylic acids is 1. The largest absolute Gasteiger partial charge is 0.339 e. The van der Waals surface area contributed by atoms with E-state index in [0.29, 0.717) is 11.9 Å². The van der Waals surface area contributed by atoms with Gasteiger partial charge in [0.2, 0.25) is 5.91 Å². The van der Waals surface area contributed by atoms with Crippen molar-refractivity contribution in [3.8, 4) is 0 Å². The maximum atomic E-state index is 12.1. The number of carbonyl (C=O) groups is 1. The molecule has 0 bridgehead atoms. The maximum absolute atomic E-state index is 12.1. The molecule has 0 aromatic carbocycles. The third-order valence-corrected chi connectivity index (χ3v) is 4.20. The zero-order valence-electron chi connectivity index (χ0n) is 10.5. The van der Waals surface area contributed by atoms with Crippen molar-refractivity contribution in [2.75, 3.05) is 19.6 Å². The molecule has 3 nitrogen and oxygen atoms in total. The Bertz CT molecular complexity index is 254. The minimum Gasteiger partial charge on any atom is -0.339 e. The van der Waals surface area contributed by atoms with Gasteiger partial charge >= 0.3 is 0 Å². The molecule has 16 heavy (non-hydrogen) atoms. The summed E-state index contributed by atoms with van der Waals surface area (Å²) in [6.07, 6.45) is 4.02. The average Bonchev–Trinajstić information content (AvgIpc) is 2.84. The molecule has 2 fully saturated rings. The first-order chi connectivity index (χ1) is 7.77. The fourth-order valence-corrected chi connectivity index (χ4v) is 3.30. The summed E-state index contributed by atoms with van der Waals surface area (Å²) in [7, 11) is 0. The van der Waals surface area contributed by atoms with Gasteiger partial charge in [0.15, 0.2) is 0 Å². The number of nitrogens with zero attached hydrogens (tertiary/aromatic N) is 1. The van der Waals surface area contributed by atoms with E-state index in [2.05, 4.69) is 24.1 Å². The van der Waals surface area contributed by atoms with Crippen LogP contribution in [0.3, 0.4) is 0 Å². The Balaban J connectivity index is 1.97.